The number of carbonyl (C=O) groups excluding carboxylic acids is 1. The third-order valence-corrected chi connectivity index (χ3v) is 8.65. The highest BCUT2D eigenvalue weighted by Gasteiger charge is 2.16. The topological polar surface area (TPSA) is 148 Å². The summed E-state index contributed by atoms with van der Waals surface area (Å²) in [5, 5.41) is 10.6. The van der Waals surface area contributed by atoms with E-state index in [2.05, 4.69) is 25.7 Å². The van der Waals surface area contributed by atoms with Crippen molar-refractivity contribution in [3.05, 3.63) is 51.5 Å². The van der Waals surface area contributed by atoms with E-state index in [9.17, 15) is 17.6 Å². The van der Waals surface area contributed by atoms with Crippen molar-refractivity contribution in [2.75, 3.05) is 28.7 Å². The molecule has 11 nitrogen and oxygen atoms in total. The highest BCUT2D eigenvalue weighted by atomic mass is 35.5. The smallest absolute Gasteiger partial charge is 0.265 e. The summed E-state index contributed by atoms with van der Waals surface area (Å²) in [5.74, 6) is -0.551. The molecule has 2 heterocycles. The monoisotopic (exact) mass is 630 g/mol. The number of hydrogen-bond donors (Lipinski definition) is 3. The number of amides is 1. The maximum Gasteiger partial charge on any atom is 0.265 e. The zero-order chi connectivity index (χ0) is 28.2. The maximum absolute atomic E-state index is 13.6. The van der Waals surface area contributed by atoms with Crippen molar-refractivity contribution >= 4 is 91.0 Å². The van der Waals surface area contributed by atoms with Crippen LogP contribution in [0.15, 0.2) is 41.0 Å². The predicted octanol–water partition coefficient (Wildman–Crippen LogP) is 5.17. The molecule has 3 N–H and O–H groups in total. The molecule has 0 fully saturated rings. The number of hydrogen-bond acceptors (Lipinski definition) is 11. The fourth-order valence-corrected chi connectivity index (χ4v) is 6.68. The first-order chi connectivity index (χ1) is 18.5. The number of nitrogens with zero attached hydrogens (tertiary/aromatic N) is 4. The van der Waals surface area contributed by atoms with Crippen LogP contribution in [0.2, 0.25) is 5.02 Å². The summed E-state index contributed by atoms with van der Waals surface area (Å²) in [4.78, 5) is 21.5. The Labute approximate surface area is 240 Å². The molecule has 4 rings (SSSR count). The largest absolute Gasteiger partial charge is 0.492 e. The van der Waals surface area contributed by atoms with Crippen LogP contribution in [-0.4, -0.2) is 56.7 Å². The van der Waals surface area contributed by atoms with E-state index in [1.165, 1.54) is 29.2 Å². The number of aromatic nitrogens is 4. The summed E-state index contributed by atoms with van der Waals surface area (Å²) in [6, 6.07) is 7.49. The SMILES string of the molecule is CCOc1cc2ncnc(Nc3ccc(F)c(Cl)c3)c2cc1NC(=O)Cn1nc(SCCS(=O)(=O)O)sc1=S. The summed E-state index contributed by atoms with van der Waals surface area (Å²) in [6.07, 6.45) is 1.36. The Morgan fingerprint density at radius 1 is 1.31 bits per heavy atom. The van der Waals surface area contributed by atoms with Gasteiger partial charge in [-0.05, 0) is 43.4 Å². The second-order valence-corrected chi connectivity index (χ2v) is 12.7. The molecule has 2 aromatic heterocycles. The molecule has 0 saturated heterocycles. The van der Waals surface area contributed by atoms with Crippen LogP contribution in [0.5, 0.6) is 5.75 Å². The second-order valence-electron chi connectivity index (χ2n) is 7.75. The van der Waals surface area contributed by atoms with E-state index in [4.69, 9.17) is 33.1 Å². The Bertz CT molecular complexity index is 1700. The van der Waals surface area contributed by atoms with E-state index in [1.807, 2.05) is 0 Å². The summed E-state index contributed by atoms with van der Waals surface area (Å²) >= 11 is 13.4. The van der Waals surface area contributed by atoms with Crippen LogP contribution in [0.4, 0.5) is 21.6 Å². The molecule has 206 valence electrons. The lowest BCUT2D eigenvalue weighted by molar-refractivity contribution is -0.117. The Hall–Kier alpha value is -2.89. The van der Waals surface area contributed by atoms with Gasteiger partial charge in [0.2, 0.25) is 5.91 Å². The van der Waals surface area contributed by atoms with Gasteiger partial charge in [-0.2, -0.15) is 13.5 Å². The van der Waals surface area contributed by atoms with Crippen molar-refractivity contribution in [2.24, 2.45) is 0 Å². The average Bonchev–Trinajstić information content (AvgIpc) is 3.20. The Morgan fingerprint density at radius 2 is 2.10 bits per heavy atom. The highest BCUT2D eigenvalue weighted by molar-refractivity contribution is 8.01. The van der Waals surface area contributed by atoms with Crippen molar-refractivity contribution in [1.82, 2.24) is 19.7 Å². The molecule has 0 spiro atoms. The number of thioether (sulfide) groups is 1. The van der Waals surface area contributed by atoms with Gasteiger partial charge >= 0.3 is 0 Å². The molecule has 17 heteroatoms. The van der Waals surface area contributed by atoms with E-state index >= 15 is 0 Å². The van der Waals surface area contributed by atoms with Crippen LogP contribution < -0.4 is 15.4 Å². The summed E-state index contributed by atoms with van der Waals surface area (Å²) < 4.78 is 52.1. The average molecular weight is 631 g/mol. The first-order valence-corrected chi connectivity index (χ1v) is 15.3. The summed E-state index contributed by atoms with van der Waals surface area (Å²) in [6.45, 7) is 1.93. The lowest BCUT2D eigenvalue weighted by Crippen LogP contribution is -2.20. The molecule has 0 unspecified atom stereocenters. The number of carbonyl (C=O) groups is 1. The van der Waals surface area contributed by atoms with Gasteiger partial charge in [0.25, 0.3) is 10.1 Å². The van der Waals surface area contributed by atoms with E-state index in [1.54, 1.807) is 19.1 Å². The normalized spacial score (nSPS) is 11.5. The molecule has 0 aliphatic rings. The second kappa shape index (κ2) is 12.5. The van der Waals surface area contributed by atoms with E-state index in [0.717, 1.165) is 23.1 Å². The van der Waals surface area contributed by atoms with Crippen LogP contribution in [-0.2, 0) is 21.5 Å². The van der Waals surface area contributed by atoms with Gasteiger partial charge in [0, 0.05) is 22.9 Å². The van der Waals surface area contributed by atoms with Gasteiger partial charge in [0.1, 0.15) is 30.3 Å². The lowest BCUT2D eigenvalue weighted by atomic mass is 10.1. The number of halogens is 2. The fourth-order valence-electron chi connectivity index (χ4n) is 3.27. The molecular formula is C22H20ClFN6O5S4. The standard InChI is InChI=1S/C22H20ClFN6O5S4/c1-2-35-18-9-16-13(20(26-11-25-16)27-12-3-4-15(24)14(23)7-12)8-17(18)28-19(31)10-30-22(36)38-21(29-30)37-5-6-39(32,33)34/h3-4,7-9,11H,2,5-6,10H2,1H3,(H,28,31)(H,25,26,27)(H,32,33,34). The highest BCUT2D eigenvalue weighted by Crippen LogP contribution is 2.34. The Balaban J connectivity index is 1.56. The number of ether oxygens (including phenoxy) is 1. The number of nitrogens with one attached hydrogen (secondary N) is 2. The molecule has 0 atom stereocenters. The zero-order valence-electron chi connectivity index (χ0n) is 20.1. The molecule has 2 aromatic carbocycles. The minimum absolute atomic E-state index is 0.0504. The van der Waals surface area contributed by atoms with Gasteiger partial charge in [0.15, 0.2) is 8.29 Å². The van der Waals surface area contributed by atoms with Gasteiger partial charge in [-0.3, -0.25) is 9.35 Å². The molecule has 0 saturated carbocycles. The van der Waals surface area contributed by atoms with Crippen molar-refractivity contribution in [2.45, 2.75) is 17.8 Å². The quantitative estimate of drug-likeness (QED) is 0.114. The van der Waals surface area contributed by atoms with Gasteiger partial charge < -0.3 is 15.4 Å². The minimum Gasteiger partial charge on any atom is -0.492 e. The number of fused-ring (bicyclic) bond motifs is 1. The van der Waals surface area contributed by atoms with E-state index in [-0.39, 0.29) is 17.3 Å². The molecule has 0 bridgehead atoms. The van der Waals surface area contributed by atoms with Crippen LogP contribution in [0, 0.1) is 9.77 Å². The summed E-state index contributed by atoms with van der Waals surface area (Å²) in [5.41, 5.74) is 1.40. The third-order valence-electron chi connectivity index (χ3n) is 4.94. The van der Waals surface area contributed by atoms with Crippen molar-refractivity contribution in [3.8, 4) is 5.75 Å². The molecule has 0 radical (unpaired) electrons. The van der Waals surface area contributed by atoms with E-state index < -0.39 is 27.6 Å². The van der Waals surface area contributed by atoms with Crippen LogP contribution in [0.3, 0.4) is 0 Å². The predicted molar refractivity (Wildman–Crippen MR) is 152 cm³/mol. The molecule has 4 aromatic rings. The van der Waals surface area contributed by atoms with Gasteiger partial charge in [-0.1, -0.05) is 34.7 Å². The lowest BCUT2D eigenvalue weighted by Gasteiger charge is -2.15. The molecule has 39 heavy (non-hydrogen) atoms. The zero-order valence-corrected chi connectivity index (χ0v) is 24.1. The third kappa shape index (κ3) is 7.83. The Morgan fingerprint density at radius 3 is 2.82 bits per heavy atom. The van der Waals surface area contributed by atoms with Crippen LogP contribution >= 0.6 is 46.9 Å². The van der Waals surface area contributed by atoms with Crippen LogP contribution in [0.25, 0.3) is 10.9 Å². The Kier molecular flexibility index (Phi) is 9.35. The number of benzene rings is 2. The van der Waals surface area contributed by atoms with Gasteiger partial charge in [0.05, 0.1) is 28.6 Å². The van der Waals surface area contributed by atoms with Gasteiger partial charge in [-0.15, -0.1) is 0 Å². The van der Waals surface area contributed by atoms with Crippen molar-refractivity contribution in [3.63, 3.8) is 0 Å². The van der Waals surface area contributed by atoms with E-state index in [0.29, 0.717) is 48.7 Å². The molecule has 0 aliphatic carbocycles. The van der Waals surface area contributed by atoms with Crippen molar-refractivity contribution in [1.29, 1.82) is 0 Å². The minimum atomic E-state index is -4.09. The molecule has 1 amide bonds. The molecular weight excluding hydrogens is 611 g/mol. The van der Waals surface area contributed by atoms with Gasteiger partial charge in [-0.25, -0.2) is 19.0 Å². The maximum atomic E-state index is 13.6. The first kappa shape index (κ1) is 29.1. The van der Waals surface area contributed by atoms with Crippen molar-refractivity contribution < 1.29 is 26.9 Å². The summed E-state index contributed by atoms with van der Waals surface area (Å²) in [7, 11) is -4.09. The molecule has 0 aliphatic heterocycles. The van der Waals surface area contributed by atoms with Crippen LogP contribution in [0.1, 0.15) is 6.92 Å². The number of anilines is 3. The fraction of sp³-hybridized carbons (Fsp3) is 0.227. The first-order valence-electron chi connectivity index (χ1n) is 11.1. The number of rotatable bonds is 11.